The number of aromatic hydroxyl groups is 1. The van der Waals surface area contributed by atoms with Crippen LogP contribution in [0, 0.1) is 0 Å². The third-order valence-electron chi connectivity index (χ3n) is 1.19. The maximum atomic E-state index is 11.1. The first-order chi connectivity index (χ1) is 8.97. The summed E-state index contributed by atoms with van der Waals surface area (Å²) in [6.45, 7) is 0. The summed E-state index contributed by atoms with van der Waals surface area (Å²) >= 11 is 0. The highest BCUT2D eigenvalue weighted by Gasteiger charge is 2.11. The number of carboxylic acids is 1. The first kappa shape index (κ1) is 3.67. The Morgan fingerprint density at radius 2 is 2.62 bits per heavy atom. The topological polar surface area (TPSA) is 83.5 Å². The number of hydrogen-bond donors (Lipinski definition) is 3. The molecular formula is C9H11NO3. The fourth-order valence-corrected chi connectivity index (χ4v) is 0.631. The zero-order chi connectivity index (χ0) is 15.9. The van der Waals surface area contributed by atoms with Crippen molar-refractivity contribution < 1.29 is 24.7 Å². The van der Waals surface area contributed by atoms with E-state index in [-0.39, 0.29) is 0 Å². The predicted octanol–water partition coefficient (Wildman–Crippen LogP) is 0.347. The molecule has 4 nitrogen and oxygen atoms in total. The van der Waals surface area contributed by atoms with Gasteiger partial charge in [0.2, 0.25) is 0 Å². The van der Waals surface area contributed by atoms with Crippen molar-refractivity contribution in [1.82, 2.24) is 0 Å². The molecule has 1 atom stereocenters. The van der Waals surface area contributed by atoms with Gasteiger partial charge in [-0.1, -0.05) is 12.1 Å². The summed E-state index contributed by atoms with van der Waals surface area (Å²) in [7, 11) is 0. The highest BCUT2D eigenvalue weighted by atomic mass is 16.4. The summed E-state index contributed by atoms with van der Waals surface area (Å²) in [5.41, 5.74) is -1.30. The van der Waals surface area contributed by atoms with Crippen molar-refractivity contribution in [3.63, 3.8) is 0 Å². The fraction of sp³-hybridized carbons (Fsp3) is 0.222. The van der Waals surface area contributed by atoms with Crippen LogP contribution in [0.1, 0.15) is 12.4 Å². The summed E-state index contributed by atoms with van der Waals surface area (Å²) in [5, 5.41) is 18.2. The predicted molar refractivity (Wildman–Crippen MR) is 47.4 cm³/mol. The Morgan fingerprint density at radius 3 is 3.23 bits per heavy atom. The van der Waals surface area contributed by atoms with Gasteiger partial charge in [-0.3, -0.25) is 4.79 Å². The number of benzene rings is 1. The molecule has 4 N–H and O–H groups in total. The van der Waals surface area contributed by atoms with Crippen LogP contribution >= 0.6 is 0 Å². The monoisotopic (exact) mass is 188 g/mol. The lowest BCUT2D eigenvalue weighted by Gasteiger charge is -2.05. The van der Waals surface area contributed by atoms with Gasteiger partial charge in [0.05, 0.1) is 4.11 Å². The molecule has 0 aliphatic rings. The van der Waals surface area contributed by atoms with E-state index in [0.29, 0.717) is 0 Å². The minimum atomic E-state index is -3.34. The molecule has 0 aliphatic carbocycles. The van der Waals surface area contributed by atoms with Crippen LogP contribution < -0.4 is 5.72 Å². The highest BCUT2D eigenvalue weighted by molar-refractivity contribution is 5.73. The number of carbonyl (C=O) groups is 1. The van der Waals surface area contributed by atoms with Crippen LogP contribution in [0.3, 0.4) is 0 Å². The Morgan fingerprint density at radius 1 is 1.85 bits per heavy atom. The molecule has 0 saturated carbocycles. The summed E-state index contributed by atoms with van der Waals surface area (Å²) in [6, 6.07) is -3.15. The lowest BCUT2D eigenvalue weighted by Crippen LogP contribution is -2.32. The molecule has 0 heterocycles. The molecule has 0 aliphatic heterocycles. The van der Waals surface area contributed by atoms with Crippen molar-refractivity contribution in [2.75, 3.05) is 0 Å². The van der Waals surface area contributed by atoms with Crippen LogP contribution in [0.2, 0.25) is 2.82 Å². The molecule has 0 bridgehead atoms. The SMILES string of the molecule is [2H]c1c(O)ccc(C([2H])([2H])[C@@]([2H])(C(=O)O)N([2H])[2H])c1[2H]. The minimum Gasteiger partial charge on any atom is -0.508 e. The molecule has 0 saturated heterocycles. The normalized spacial score (nSPS) is 23.9. The number of phenols is 1. The van der Waals surface area contributed by atoms with Gasteiger partial charge >= 0.3 is 5.97 Å². The van der Waals surface area contributed by atoms with Gasteiger partial charge in [-0.2, -0.15) is 0 Å². The smallest absolute Gasteiger partial charge is 0.320 e. The molecule has 1 rings (SSSR count). The Labute approximate surface area is 85.6 Å². The van der Waals surface area contributed by atoms with Crippen LogP contribution in [0.5, 0.6) is 5.75 Å². The summed E-state index contributed by atoms with van der Waals surface area (Å²) in [4.78, 5) is 11.1. The van der Waals surface area contributed by atoms with Gasteiger partial charge in [0.25, 0.3) is 0 Å². The Kier molecular flexibility index (Phi) is 1.10. The number of nitrogens with two attached hydrogens (primary N) is 1. The van der Waals surface area contributed by atoms with E-state index in [9.17, 15) is 9.90 Å². The Hall–Kier alpha value is -1.55. The van der Waals surface area contributed by atoms with Crippen LogP contribution in [0.25, 0.3) is 0 Å². The van der Waals surface area contributed by atoms with Gasteiger partial charge in [0.1, 0.15) is 14.6 Å². The van der Waals surface area contributed by atoms with Crippen LogP contribution in [-0.2, 0) is 11.2 Å². The van der Waals surface area contributed by atoms with Gasteiger partial charge in [0, 0.05) is 2.74 Å². The lowest BCUT2D eigenvalue weighted by molar-refractivity contribution is -0.138. The van der Waals surface area contributed by atoms with Crippen LogP contribution in [0.15, 0.2) is 24.2 Å². The Bertz CT molecular complexity index is 551. The Balaban J connectivity index is 3.58. The fourth-order valence-electron chi connectivity index (χ4n) is 0.631. The minimum absolute atomic E-state index is 0.603. The van der Waals surface area contributed by atoms with E-state index in [0.717, 1.165) is 12.1 Å². The molecule has 0 fully saturated rings. The summed E-state index contributed by atoms with van der Waals surface area (Å²) < 4.78 is 51.9. The molecule has 4 heteroatoms. The van der Waals surface area contributed by atoms with E-state index >= 15 is 0 Å². The maximum absolute atomic E-state index is 11.1. The number of carboxylic acid groups (broad SMARTS) is 1. The van der Waals surface area contributed by atoms with Crippen molar-refractivity contribution in [2.24, 2.45) is 5.72 Å². The largest absolute Gasteiger partial charge is 0.508 e. The second kappa shape index (κ2) is 3.91. The van der Waals surface area contributed by atoms with Gasteiger partial charge < -0.3 is 15.9 Å². The van der Waals surface area contributed by atoms with E-state index < -0.39 is 47.5 Å². The van der Waals surface area contributed by atoms with Gasteiger partial charge in [-0.15, -0.1) is 0 Å². The number of rotatable bonds is 4. The first-order valence-electron chi connectivity index (χ1n) is 6.68. The van der Waals surface area contributed by atoms with E-state index in [1.165, 1.54) is 0 Å². The highest BCUT2D eigenvalue weighted by Crippen LogP contribution is 2.10. The van der Waals surface area contributed by atoms with Crippen LogP contribution in [0.4, 0.5) is 0 Å². The summed E-state index contributed by atoms with van der Waals surface area (Å²) in [5.74, 6) is -2.69. The molecular weight excluding hydrogens is 170 g/mol. The average Bonchev–Trinajstić information content (AvgIpc) is 2.33. The standard InChI is InChI=1S/C9H11NO3/c10-8(9(12)13)5-6-1-3-7(11)4-2-6/h1-4,8,11H,5,10H2,(H,12,13)/t8-/m0/s1/i1D,3D,5D2,8D/hD2. The third-order valence-corrected chi connectivity index (χ3v) is 1.19. The number of phenolic OH excluding ortho intramolecular Hbond substituents is 1. The molecule has 0 amide bonds. The van der Waals surface area contributed by atoms with Gasteiger partial charge in [-0.05, 0) is 24.0 Å². The van der Waals surface area contributed by atoms with E-state index in [4.69, 9.17) is 14.8 Å². The van der Waals surface area contributed by atoms with E-state index in [1.54, 1.807) is 0 Å². The maximum Gasteiger partial charge on any atom is 0.320 e. The molecule has 0 aromatic heterocycles. The average molecular weight is 188 g/mol. The first-order valence-corrected chi connectivity index (χ1v) is 3.29. The van der Waals surface area contributed by atoms with E-state index in [1.807, 2.05) is 0 Å². The quantitative estimate of drug-likeness (QED) is 0.636. The van der Waals surface area contributed by atoms with Crippen molar-refractivity contribution >= 4 is 5.97 Å². The molecule has 1 aromatic carbocycles. The van der Waals surface area contributed by atoms with Crippen molar-refractivity contribution in [1.29, 1.82) is 0 Å². The molecule has 13 heavy (non-hydrogen) atoms. The summed E-state index contributed by atoms with van der Waals surface area (Å²) in [6.07, 6.45) is -3.14. The van der Waals surface area contributed by atoms with Crippen molar-refractivity contribution in [2.45, 2.75) is 12.4 Å². The van der Waals surface area contributed by atoms with E-state index in [2.05, 4.69) is 0 Å². The molecule has 0 spiro atoms. The van der Waals surface area contributed by atoms with Gasteiger partial charge in [-0.25, -0.2) is 0 Å². The lowest BCUT2D eigenvalue weighted by atomic mass is 10.1. The molecule has 70 valence electrons. The number of hydrogen-bond acceptors (Lipinski definition) is 3. The molecule has 0 unspecified atom stereocenters. The zero-order valence-electron chi connectivity index (χ0n) is 13.4. The van der Waals surface area contributed by atoms with Crippen molar-refractivity contribution in [3.05, 3.63) is 29.8 Å². The number of aliphatic carboxylic acids is 1. The second-order valence-electron chi connectivity index (χ2n) is 2.16. The third kappa shape index (κ3) is 2.76. The molecule has 1 aromatic rings. The molecule has 0 radical (unpaired) electrons. The zero-order valence-corrected chi connectivity index (χ0v) is 6.40. The van der Waals surface area contributed by atoms with Crippen LogP contribution in [-0.4, -0.2) is 22.2 Å². The van der Waals surface area contributed by atoms with Gasteiger partial charge in [0.15, 0.2) is 0 Å². The second-order valence-corrected chi connectivity index (χ2v) is 2.16. The van der Waals surface area contributed by atoms with Crippen molar-refractivity contribution in [3.8, 4) is 5.75 Å².